The number of likely N-dealkylation sites (N-methyl/N-ethyl adjacent to an activating group) is 1. The topological polar surface area (TPSA) is 18.5 Å². The zero-order chi connectivity index (χ0) is 14.0. The van der Waals surface area contributed by atoms with Crippen molar-refractivity contribution in [3.05, 3.63) is 0 Å². The van der Waals surface area contributed by atoms with Gasteiger partial charge in [-0.2, -0.15) is 0 Å². The summed E-state index contributed by atoms with van der Waals surface area (Å²) in [7, 11) is 4.45. The Morgan fingerprint density at radius 1 is 1.16 bits per heavy atom. The fourth-order valence-electron chi connectivity index (χ4n) is 4.12. The third-order valence-corrected chi connectivity index (χ3v) is 5.43. The van der Waals surface area contributed by atoms with E-state index in [1.807, 2.05) is 0 Å². The lowest BCUT2D eigenvalue weighted by Crippen LogP contribution is -2.54. The number of likely N-dealkylation sites (tertiary alicyclic amines) is 1. The normalized spacial score (nSPS) is 33.2. The zero-order valence-corrected chi connectivity index (χ0v) is 13.6. The van der Waals surface area contributed by atoms with E-state index < -0.39 is 0 Å². The van der Waals surface area contributed by atoms with E-state index in [9.17, 15) is 0 Å². The van der Waals surface area contributed by atoms with Gasteiger partial charge in [0.05, 0.1) is 0 Å². The maximum Gasteiger partial charge on any atom is 0.0274 e. The number of piperidine rings is 1. The smallest absolute Gasteiger partial charge is 0.0274 e. The first-order valence-electron chi connectivity index (χ1n) is 8.09. The fourth-order valence-corrected chi connectivity index (χ4v) is 4.12. The predicted molar refractivity (Wildman–Crippen MR) is 82.5 cm³/mol. The van der Waals surface area contributed by atoms with Crippen LogP contribution in [0.25, 0.3) is 0 Å². The van der Waals surface area contributed by atoms with Crippen LogP contribution in [-0.2, 0) is 0 Å². The summed E-state index contributed by atoms with van der Waals surface area (Å²) in [5.74, 6) is 0. The van der Waals surface area contributed by atoms with Gasteiger partial charge in [-0.15, -0.1) is 0 Å². The van der Waals surface area contributed by atoms with Crippen molar-refractivity contribution >= 4 is 0 Å². The van der Waals surface area contributed by atoms with Gasteiger partial charge in [-0.1, -0.05) is 20.8 Å². The van der Waals surface area contributed by atoms with E-state index in [1.54, 1.807) is 0 Å². The van der Waals surface area contributed by atoms with Crippen molar-refractivity contribution in [2.24, 2.45) is 5.41 Å². The highest BCUT2D eigenvalue weighted by atomic mass is 15.2. The Bertz CT molecular complexity index is 280. The molecule has 0 spiro atoms. The molecule has 1 aliphatic heterocycles. The Morgan fingerprint density at radius 2 is 1.79 bits per heavy atom. The molecular weight excluding hydrogens is 234 g/mol. The summed E-state index contributed by atoms with van der Waals surface area (Å²) in [5.41, 5.74) is 0.457. The maximum absolute atomic E-state index is 3.76. The summed E-state index contributed by atoms with van der Waals surface area (Å²) in [5, 5.41) is 3.76. The molecule has 1 N–H and O–H groups in total. The van der Waals surface area contributed by atoms with Crippen molar-refractivity contribution in [2.75, 3.05) is 33.7 Å². The first-order chi connectivity index (χ1) is 8.95. The van der Waals surface area contributed by atoms with Crippen molar-refractivity contribution in [3.8, 4) is 0 Å². The molecule has 0 bridgehead atoms. The van der Waals surface area contributed by atoms with Crippen LogP contribution in [0.15, 0.2) is 0 Å². The van der Waals surface area contributed by atoms with Crippen LogP contribution in [-0.4, -0.2) is 61.7 Å². The summed E-state index contributed by atoms with van der Waals surface area (Å²) in [6.45, 7) is 10.8. The fraction of sp³-hybridized carbons (Fsp3) is 1.00. The molecule has 3 heteroatoms. The third kappa shape index (κ3) is 3.32. The molecule has 2 rings (SSSR count). The van der Waals surface area contributed by atoms with Crippen LogP contribution < -0.4 is 5.32 Å². The van der Waals surface area contributed by atoms with E-state index >= 15 is 0 Å². The molecule has 0 aromatic rings. The van der Waals surface area contributed by atoms with Gasteiger partial charge in [-0.05, 0) is 64.8 Å². The van der Waals surface area contributed by atoms with Crippen LogP contribution in [0.5, 0.6) is 0 Å². The molecule has 3 nitrogen and oxygen atoms in total. The third-order valence-electron chi connectivity index (χ3n) is 5.43. The Kier molecular flexibility index (Phi) is 4.91. The van der Waals surface area contributed by atoms with E-state index in [4.69, 9.17) is 0 Å². The Hall–Kier alpha value is -0.120. The number of hydrogen-bond donors (Lipinski definition) is 1. The monoisotopic (exact) mass is 267 g/mol. The van der Waals surface area contributed by atoms with Crippen molar-refractivity contribution in [2.45, 2.75) is 64.6 Å². The summed E-state index contributed by atoms with van der Waals surface area (Å²) in [6, 6.07) is 2.23. The van der Waals surface area contributed by atoms with E-state index in [0.717, 1.165) is 18.6 Å². The van der Waals surface area contributed by atoms with Crippen molar-refractivity contribution < 1.29 is 0 Å². The molecule has 0 radical (unpaired) electrons. The minimum Gasteiger partial charge on any atom is -0.312 e. The van der Waals surface area contributed by atoms with Crippen LogP contribution in [0.3, 0.4) is 0 Å². The number of hydrogen-bond acceptors (Lipinski definition) is 3. The molecule has 1 saturated heterocycles. The highest BCUT2D eigenvalue weighted by Gasteiger charge is 2.44. The molecule has 1 heterocycles. The van der Waals surface area contributed by atoms with Crippen molar-refractivity contribution in [3.63, 3.8) is 0 Å². The van der Waals surface area contributed by atoms with Gasteiger partial charge >= 0.3 is 0 Å². The molecule has 0 amide bonds. The molecule has 19 heavy (non-hydrogen) atoms. The van der Waals surface area contributed by atoms with Gasteiger partial charge in [0.15, 0.2) is 0 Å². The van der Waals surface area contributed by atoms with E-state index in [0.29, 0.717) is 11.5 Å². The minimum absolute atomic E-state index is 0.457. The van der Waals surface area contributed by atoms with E-state index in [1.165, 1.54) is 38.8 Å². The second-order valence-electron chi connectivity index (χ2n) is 7.36. The van der Waals surface area contributed by atoms with Gasteiger partial charge in [0.25, 0.3) is 0 Å². The van der Waals surface area contributed by atoms with Gasteiger partial charge in [0.2, 0.25) is 0 Å². The standard InChI is InChI=1S/C16H33N3/c1-6-17-15-14(7-10-16(15,2)3)19-11-8-13(9-12-19)18(4)5/h13-15,17H,6-12H2,1-5H3. The molecule has 2 unspecified atom stereocenters. The minimum atomic E-state index is 0.457. The Morgan fingerprint density at radius 3 is 2.32 bits per heavy atom. The van der Waals surface area contributed by atoms with Crippen molar-refractivity contribution in [1.82, 2.24) is 15.1 Å². The zero-order valence-electron chi connectivity index (χ0n) is 13.6. The summed E-state index contributed by atoms with van der Waals surface area (Å²) in [4.78, 5) is 5.17. The Balaban J connectivity index is 1.95. The largest absolute Gasteiger partial charge is 0.312 e. The number of nitrogens with zero attached hydrogens (tertiary/aromatic N) is 2. The van der Waals surface area contributed by atoms with Crippen LogP contribution in [0.2, 0.25) is 0 Å². The summed E-state index contributed by atoms with van der Waals surface area (Å²) in [6.07, 6.45) is 5.41. The molecule has 2 aliphatic rings. The van der Waals surface area contributed by atoms with Crippen LogP contribution in [0, 0.1) is 5.41 Å². The van der Waals surface area contributed by atoms with Crippen LogP contribution >= 0.6 is 0 Å². The molecule has 2 atom stereocenters. The summed E-state index contributed by atoms with van der Waals surface area (Å²) < 4.78 is 0. The van der Waals surface area contributed by atoms with Gasteiger partial charge in [-0.25, -0.2) is 0 Å². The molecule has 112 valence electrons. The highest BCUT2D eigenvalue weighted by molar-refractivity contribution is 5.01. The van der Waals surface area contributed by atoms with E-state index in [2.05, 4.69) is 50.0 Å². The second-order valence-corrected chi connectivity index (χ2v) is 7.36. The number of nitrogens with one attached hydrogen (secondary N) is 1. The van der Waals surface area contributed by atoms with Gasteiger partial charge in [-0.3, -0.25) is 4.90 Å². The molecular formula is C16H33N3. The molecule has 1 aliphatic carbocycles. The average Bonchev–Trinajstić information content (AvgIpc) is 2.66. The van der Waals surface area contributed by atoms with Gasteiger partial charge < -0.3 is 10.2 Å². The lowest BCUT2D eigenvalue weighted by molar-refractivity contribution is 0.0867. The van der Waals surface area contributed by atoms with Crippen LogP contribution in [0.4, 0.5) is 0 Å². The first kappa shape index (κ1) is 15.3. The first-order valence-corrected chi connectivity index (χ1v) is 8.09. The maximum atomic E-state index is 3.76. The van der Waals surface area contributed by atoms with Gasteiger partial charge in [0, 0.05) is 18.1 Å². The van der Waals surface area contributed by atoms with Crippen LogP contribution in [0.1, 0.15) is 46.5 Å². The molecule has 1 saturated carbocycles. The Labute approximate surface area is 119 Å². The molecule has 0 aromatic carbocycles. The average molecular weight is 267 g/mol. The van der Waals surface area contributed by atoms with Gasteiger partial charge in [0.1, 0.15) is 0 Å². The molecule has 0 aromatic heterocycles. The number of rotatable bonds is 4. The SMILES string of the molecule is CCNC1C(N2CCC(N(C)C)CC2)CCC1(C)C. The van der Waals surface area contributed by atoms with E-state index in [-0.39, 0.29) is 0 Å². The van der Waals surface area contributed by atoms with Crippen molar-refractivity contribution in [1.29, 1.82) is 0 Å². The summed E-state index contributed by atoms with van der Waals surface area (Å²) >= 11 is 0. The second kappa shape index (κ2) is 6.11. The molecule has 2 fully saturated rings. The lowest BCUT2D eigenvalue weighted by atomic mass is 9.86. The highest BCUT2D eigenvalue weighted by Crippen LogP contribution is 2.40. The predicted octanol–water partition coefficient (Wildman–Crippen LogP) is 2.18. The quantitative estimate of drug-likeness (QED) is 0.842. The lowest BCUT2D eigenvalue weighted by Gasteiger charge is -2.42.